The SMILES string of the molecule is CCN1CCC[C@@H]1CN(C/C=C/c1ccccc1OC)CC1CCN(CCOC)CC1. The fourth-order valence-electron chi connectivity index (χ4n) is 5.15. The molecule has 2 saturated heterocycles. The number of rotatable bonds is 12. The van der Waals surface area contributed by atoms with E-state index < -0.39 is 0 Å². The van der Waals surface area contributed by atoms with Crippen LogP contribution in [-0.2, 0) is 4.74 Å². The molecule has 2 fully saturated rings. The van der Waals surface area contributed by atoms with Gasteiger partial charge >= 0.3 is 0 Å². The molecule has 0 saturated carbocycles. The van der Waals surface area contributed by atoms with E-state index in [1.54, 1.807) is 14.2 Å². The van der Waals surface area contributed by atoms with Gasteiger partial charge in [-0.15, -0.1) is 0 Å². The highest BCUT2D eigenvalue weighted by molar-refractivity contribution is 5.57. The number of nitrogens with zero attached hydrogens (tertiary/aromatic N) is 3. The van der Waals surface area contributed by atoms with Crippen molar-refractivity contribution in [2.75, 3.05) is 73.2 Å². The summed E-state index contributed by atoms with van der Waals surface area (Å²) in [7, 11) is 3.54. The number of benzene rings is 1. The molecule has 1 aromatic carbocycles. The van der Waals surface area contributed by atoms with Crippen LogP contribution in [0.5, 0.6) is 5.75 Å². The van der Waals surface area contributed by atoms with Gasteiger partial charge in [0.15, 0.2) is 0 Å². The maximum atomic E-state index is 5.51. The minimum atomic E-state index is 0.714. The summed E-state index contributed by atoms with van der Waals surface area (Å²) in [6.07, 6.45) is 9.86. The standard InChI is InChI=1S/C26H43N3O2/c1-4-29-16-8-11-25(29)22-28(15-7-10-24-9-5-6-12-26(24)31-3)21-23-13-17-27(18-14-23)19-20-30-2/h5-7,9-10,12,23,25H,4,8,11,13-22H2,1-3H3/b10-7+/t25-/m1/s1. The lowest BCUT2D eigenvalue weighted by molar-refractivity contribution is 0.102. The fraction of sp³-hybridized carbons (Fsp3) is 0.692. The van der Waals surface area contributed by atoms with Crippen LogP contribution < -0.4 is 4.74 Å². The van der Waals surface area contributed by atoms with E-state index in [-0.39, 0.29) is 0 Å². The zero-order chi connectivity index (χ0) is 21.9. The van der Waals surface area contributed by atoms with E-state index in [1.165, 1.54) is 65.0 Å². The summed E-state index contributed by atoms with van der Waals surface area (Å²) in [4.78, 5) is 7.94. The number of likely N-dealkylation sites (tertiary alicyclic amines) is 2. The maximum absolute atomic E-state index is 5.51. The first-order chi connectivity index (χ1) is 15.2. The molecule has 2 heterocycles. The van der Waals surface area contributed by atoms with Crippen molar-refractivity contribution in [3.8, 4) is 5.75 Å². The van der Waals surface area contributed by atoms with Crippen molar-refractivity contribution in [1.82, 2.24) is 14.7 Å². The molecule has 2 aliphatic heterocycles. The van der Waals surface area contributed by atoms with Crippen molar-refractivity contribution in [3.05, 3.63) is 35.9 Å². The fourth-order valence-corrected chi connectivity index (χ4v) is 5.15. The first-order valence-corrected chi connectivity index (χ1v) is 12.2. The molecule has 0 aliphatic carbocycles. The van der Waals surface area contributed by atoms with Crippen molar-refractivity contribution in [2.45, 2.75) is 38.6 Å². The minimum absolute atomic E-state index is 0.714. The van der Waals surface area contributed by atoms with E-state index in [0.717, 1.165) is 36.9 Å². The predicted octanol–water partition coefficient (Wildman–Crippen LogP) is 3.85. The van der Waals surface area contributed by atoms with Gasteiger partial charge in [-0.2, -0.15) is 0 Å². The highest BCUT2D eigenvalue weighted by Crippen LogP contribution is 2.23. The molecule has 5 heteroatoms. The van der Waals surface area contributed by atoms with Crippen LogP contribution in [0.25, 0.3) is 6.08 Å². The highest BCUT2D eigenvalue weighted by Gasteiger charge is 2.27. The van der Waals surface area contributed by atoms with Crippen molar-refractivity contribution in [1.29, 1.82) is 0 Å². The second-order valence-corrected chi connectivity index (χ2v) is 9.07. The van der Waals surface area contributed by atoms with Crippen LogP contribution in [0.15, 0.2) is 30.3 Å². The number of ether oxygens (including phenoxy) is 2. The van der Waals surface area contributed by atoms with Crippen molar-refractivity contribution in [2.24, 2.45) is 5.92 Å². The zero-order valence-electron chi connectivity index (χ0n) is 20.0. The monoisotopic (exact) mass is 429 g/mol. The first-order valence-electron chi connectivity index (χ1n) is 12.2. The molecule has 0 aromatic heterocycles. The third-order valence-corrected chi connectivity index (χ3v) is 7.01. The Hall–Kier alpha value is -1.40. The van der Waals surface area contributed by atoms with Gasteiger partial charge in [0.2, 0.25) is 0 Å². The lowest BCUT2D eigenvalue weighted by atomic mass is 9.96. The van der Waals surface area contributed by atoms with Crippen molar-refractivity contribution in [3.63, 3.8) is 0 Å². The van der Waals surface area contributed by atoms with Gasteiger partial charge in [0, 0.05) is 44.9 Å². The molecule has 0 spiro atoms. The summed E-state index contributed by atoms with van der Waals surface area (Å²) in [5.41, 5.74) is 1.16. The predicted molar refractivity (Wildman–Crippen MR) is 130 cm³/mol. The summed E-state index contributed by atoms with van der Waals surface area (Å²) in [6.45, 7) is 12.5. The van der Waals surface area contributed by atoms with E-state index >= 15 is 0 Å². The van der Waals surface area contributed by atoms with Crippen LogP contribution in [0, 0.1) is 5.92 Å². The summed E-state index contributed by atoms with van der Waals surface area (Å²) >= 11 is 0. The number of piperidine rings is 1. The molecule has 3 rings (SSSR count). The Bertz CT molecular complexity index is 658. The molecule has 0 radical (unpaired) electrons. The Morgan fingerprint density at radius 2 is 1.87 bits per heavy atom. The van der Waals surface area contributed by atoms with Gasteiger partial charge in [-0.1, -0.05) is 37.3 Å². The van der Waals surface area contributed by atoms with E-state index in [4.69, 9.17) is 9.47 Å². The van der Waals surface area contributed by atoms with E-state index in [2.05, 4.69) is 45.9 Å². The van der Waals surface area contributed by atoms with E-state index in [1.807, 2.05) is 12.1 Å². The van der Waals surface area contributed by atoms with Gasteiger partial charge in [0.05, 0.1) is 13.7 Å². The molecule has 0 N–H and O–H groups in total. The van der Waals surface area contributed by atoms with Crippen LogP contribution in [0.4, 0.5) is 0 Å². The third-order valence-electron chi connectivity index (χ3n) is 7.01. The van der Waals surface area contributed by atoms with Crippen molar-refractivity contribution < 1.29 is 9.47 Å². The van der Waals surface area contributed by atoms with Crippen LogP contribution in [0.2, 0.25) is 0 Å². The molecular weight excluding hydrogens is 386 g/mol. The smallest absolute Gasteiger partial charge is 0.126 e. The van der Waals surface area contributed by atoms with E-state index in [0.29, 0.717) is 6.04 Å². The lowest BCUT2D eigenvalue weighted by Gasteiger charge is -2.36. The Morgan fingerprint density at radius 3 is 2.61 bits per heavy atom. The number of hydrogen-bond acceptors (Lipinski definition) is 5. The second-order valence-electron chi connectivity index (χ2n) is 9.07. The molecule has 0 unspecified atom stereocenters. The topological polar surface area (TPSA) is 28.2 Å². The Labute approximate surface area is 190 Å². The molecule has 0 bridgehead atoms. The van der Waals surface area contributed by atoms with Crippen LogP contribution in [0.1, 0.15) is 38.2 Å². The average molecular weight is 430 g/mol. The van der Waals surface area contributed by atoms with Gasteiger partial charge in [-0.25, -0.2) is 0 Å². The number of hydrogen-bond donors (Lipinski definition) is 0. The summed E-state index contributed by atoms with van der Waals surface area (Å²) in [5, 5.41) is 0. The van der Waals surface area contributed by atoms with Gasteiger partial charge in [0.1, 0.15) is 5.75 Å². The lowest BCUT2D eigenvalue weighted by Crippen LogP contribution is -2.44. The molecule has 1 atom stereocenters. The van der Waals surface area contributed by atoms with Gasteiger partial charge < -0.3 is 14.4 Å². The molecule has 2 aliphatic rings. The minimum Gasteiger partial charge on any atom is -0.496 e. The molecule has 174 valence electrons. The van der Waals surface area contributed by atoms with Gasteiger partial charge in [0.25, 0.3) is 0 Å². The first kappa shape index (κ1) is 24.2. The number of likely N-dealkylation sites (N-methyl/N-ethyl adjacent to an activating group) is 1. The normalized spacial score (nSPS) is 21.5. The molecule has 0 amide bonds. The Kier molecular flexibility index (Phi) is 10.3. The average Bonchev–Trinajstić information content (AvgIpc) is 3.26. The van der Waals surface area contributed by atoms with Crippen LogP contribution in [-0.4, -0.2) is 93.9 Å². The Balaban J connectivity index is 1.58. The number of methoxy groups -OCH3 is 2. The van der Waals surface area contributed by atoms with Crippen molar-refractivity contribution >= 4 is 6.08 Å². The molecule has 1 aromatic rings. The molecule has 31 heavy (non-hydrogen) atoms. The molecule has 5 nitrogen and oxygen atoms in total. The van der Waals surface area contributed by atoms with Crippen LogP contribution >= 0.6 is 0 Å². The Morgan fingerprint density at radius 1 is 1.06 bits per heavy atom. The number of para-hydroxylation sites is 1. The summed E-state index contributed by atoms with van der Waals surface area (Å²) < 4.78 is 10.8. The quantitative estimate of drug-likeness (QED) is 0.503. The highest BCUT2D eigenvalue weighted by atomic mass is 16.5. The van der Waals surface area contributed by atoms with Gasteiger partial charge in [-0.3, -0.25) is 9.80 Å². The van der Waals surface area contributed by atoms with Gasteiger partial charge in [-0.05, 0) is 63.8 Å². The van der Waals surface area contributed by atoms with E-state index in [9.17, 15) is 0 Å². The molecular formula is C26H43N3O2. The summed E-state index contributed by atoms with van der Waals surface area (Å²) in [5.74, 6) is 1.75. The third kappa shape index (κ3) is 7.60. The van der Waals surface area contributed by atoms with Crippen LogP contribution in [0.3, 0.4) is 0 Å². The second kappa shape index (κ2) is 13.2. The summed E-state index contributed by atoms with van der Waals surface area (Å²) in [6, 6.07) is 8.99. The maximum Gasteiger partial charge on any atom is 0.126 e. The zero-order valence-corrected chi connectivity index (χ0v) is 20.0. The largest absolute Gasteiger partial charge is 0.496 e.